The average molecular weight is 367 g/mol. The van der Waals surface area contributed by atoms with Crippen LogP contribution in [0.5, 0.6) is 0 Å². The minimum absolute atomic E-state index is 0.00765. The molecule has 0 bridgehead atoms. The first-order valence-electron chi connectivity index (χ1n) is 7.96. The molecule has 5 atom stereocenters. The number of hydrogen-bond acceptors (Lipinski definition) is 8. The lowest BCUT2D eigenvalue weighted by atomic mass is 9.92. The van der Waals surface area contributed by atoms with Crippen LogP contribution in [0, 0.1) is 17.6 Å². The van der Waals surface area contributed by atoms with E-state index in [1.165, 1.54) is 17.3 Å². The highest BCUT2D eigenvalue weighted by atomic mass is 19.2. The summed E-state index contributed by atoms with van der Waals surface area (Å²) in [6.07, 6.45) is -2.37. The molecule has 0 radical (unpaired) electrons. The zero-order valence-corrected chi connectivity index (χ0v) is 13.9. The first-order chi connectivity index (χ1) is 12.3. The van der Waals surface area contributed by atoms with Crippen LogP contribution < -0.4 is 10.6 Å². The van der Waals surface area contributed by atoms with Gasteiger partial charge in [-0.05, 0) is 24.1 Å². The molecular formula is C16H19F2N5O3. The van der Waals surface area contributed by atoms with Gasteiger partial charge in [-0.25, -0.2) is 18.7 Å². The number of aliphatic hydroxyl groups excluding tert-OH is 3. The van der Waals surface area contributed by atoms with E-state index >= 15 is 0 Å². The van der Waals surface area contributed by atoms with Crippen LogP contribution in [0.1, 0.15) is 18.1 Å². The van der Waals surface area contributed by atoms with Crippen LogP contribution in [0.3, 0.4) is 0 Å². The standard InChI is InChI=1S/C16H19F2N5O3/c1-23(16-21-6-20-15(19)22-16)11-5-8(13(25)14(11)26)12(24)7-2-3-9(17)10(18)4-7/h2-4,6,8,11-14,24-26H,5H2,1H3,(H2,19,20,21,22)/t8-,11-,12+,13-,14+/m1/s1. The van der Waals surface area contributed by atoms with Crippen molar-refractivity contribution in [2.75, 3.05) is 17.7 Å². The molecule has 0 saturated heterocycles. The van der Waals surface area contributed by atoms with Crippen LogP contribution in [-0.2, 0) is 0 Å². The van der Waals surface area contributed by atoms with Crippen molar-refractivity contribution in [1.29, 1.82) is 0 Å². The Hall–Kier alpha value is -2.43. The number of likely N-dealkylation sites (N-methyl/N-ethyl adjacent to an activating group) is 1. The summed E-state index contributed by atoms with van der Waals surface area (Å²) in [7, 11) is 1.61. The second-order valence-electron chi connectivity index (χ2n) is 6.32. The van der Waals surface area contributed by atoms with Crippen LogP contribution in [0.2, 0.25) is 0 Å². The Morgan fingerprint density at radius 3 is 2.58 bits per heavy atom. The molecule has 1 fully saturated rings. The van der Waals surface area contributed by atoms with Gasteiger partial charge in [0.2, 0.25) is 11.9 Å². The highest BCUT2D eigenvalue weighted by Crippen LogP contribution is 2.39. The first kappa shape index (κ1) is 18.4. The van der Waals surface area contributed by atoms with Gasteiger partial charge in [-0.1, -0.05) is 6.07 Å². The maximum absolute atomic E-state index is 13.4. The van der Waals surface area contributed by atoms with Crippen LogP contribution in [0.4, 0.5) is 20.7 Å². The quantitative estimate of drug-likeness (QED) is 0.595. The van der Waals surface area contributed by atoms with Gasteiger partial charge in [0.1, 0.15) is 12.4 Å². The van der Waals surface area contributed by atoms with Gasteiger partial charge in [0.05, 0.1) is 18.2 Å². The van der Waals surface area contributed by atoms with Crippen LogP contribution in [0.15, 0.2) is 24.5 Å². The molecule has 1 heterocycles. The number of nitrogens with zero attached hydrogens (tertiary/aromatic N) is 4. The van der Waals surface area contributed by atoms with Crippen molar-refractivity contribution in [2.45, 2.75) is 30.8 Å². The number of hydrogen-bond donors (Lipinski definition) is 4. The predicted molar refractivity (Wildman–Crippen MR) is 87.9 cm³/mol. The molecule has 1 saturated carbocycles. The summed E-state index contributed by atoms with van der Waals surface area (Å²) in [4.78, 5) is 13.2. The molecule has 5 N–H and O–H groups in total. The Bertz CT molecular complexity index is 796. The number of halogens is 2. The Balaban J connectivity index is 1.81. The zero-order valence-electron chi connectivity index (χ0n) is 13.9. The molecular weight excluding hydrogens is 348 g/mol. The number of rotatable bonds is 4. The van der Waals surface area contributed by atoms with E-state index in [0.29, 0.717) is 0 Å². The van der Waals surface area contributed by atoms with Crippen LogP contribution in [0.25, 0.3) is 0 Å². The average Bonchev–Trinajstić information content (AvgIpc) is 2.91. The van der Waals surface area contributed by atoms with E-state index < -0.39 is 41.9 Å². The summed E-state index contributed by atoms with van der Waals surface area (Å²) >= 11 is 0. The van der Waals surface area contributed by atoms with E-state index in [-0.39, 0.29) is 23.9 Å². The molecule has 8 nitrogen and oxygen atoms in total. The molecule has 2 aromatic rings. The number of benzene rings is 1. The molecule has 0 aliphatic heterocycles. The van der Waals surface area contributed by atoms with Crippen molar-refractivity contribution in [3.8, 4) is 0 Å². The van der Waals surface area contributed by atoms with Gasteiger partial charge in [-0.2, -0.15) is 4.98 Å². The summed E-state index contributed by atoms with van der Waals surface area (Å²) in [6, 6.07) is 2.41. The molecule has 1 aliphatic rings. The molecule has 26 heavy (non-hydrogen) atoms. The highest BCUT2D eigenvalue weighted by Gasteiger charge is 2.47. The smallest absolute Gasteiger partial charge is 0.230 e. The van der Waals surface area contributed by atoms with E-state index in [1.54, 1.807) is 7.05 Å². The van der Waals surface area contributed by atoms with Gasteiger partial charge < -0.3 is 26.0 Å². The monoisotopic (exact) mass is 367 g/mol. The second kappa shape index (κ2) is 7.06. The molecule has 0 amide bonds. The Kier molecular flexibility index (Phi) is 4.99. The Morgan fingerprint density at radius 1 is 1.19 bits per heavy atom. The first-order valence-corrected chi connectivity index (χ1v) is 7.96. The van der Waals surface area contributed by atoms with E-state index in [2.05, 4.69) is 15.0 Å². The number of nitrogen functional groups attached to an aromatic ring is 1. The van der Waals surface area contributed by atoms with E-state index in [0.717, 1.165) is 12.1 Å². The largest absolute Gasteiger partial charge is 0.390 e. The van der Waals surface area contributed by atoms with Crippen molar-refractivity contribution >= 4 is 11.9 Å². The minimum atomic E-state index is -1.28. The van der Waals surface area contributed by atoms with Crippen molar-refractivity contribution in [1.82, 2.24) is 15.0 Å². The summed E-state index contributed by atoms with van der Waals surface area (Å²) in [5.74, 6) is -2.70. The lowest BCUT2D eigenvalue weighted by molar-refractivity contribution is -0.0232. The summed E-state index contributed by atoms with van der Waals surface area (Å²) in [5, 5.41) is 31.2. The Morgan fingerprint density at radius 2 is 1.92 bits per heavy atom. The topological polar surface area (TPSA) is 129 Å². The van der Waals surface area contributed by atoms with Crippen molar-refractivity contribution < 1.29 is 24.1 Å². The molecule has 140 valence electrons. The number of anilines is 2. The molecule has 0 spiro atoms. The lowest BCUT2D eigenvalue weighted by Crippen LogP contribution is -2.42. The minimum Gasteiger partial charge on any atom is -0.390 e. The van der Waals surface area contributed by atoms with E-state index in [4.69, 9.17) is 5.73 Å². The van der Waals surface area contributed by atoms with Gasteiger partial charge in [-0.3, -0.25) is 0 Å². The van der Waals surface area contributed by atoms with Gasteiger partial charge in [0.25, 0.3) is 0 Å². The molecule has 10 heteroatoms. The number of aliphatic hydroxyl groups is 3. The lowest BCUT2D eigenvalue weighted by Gasteiger charge is -2.27. The number of nitrogens with two attached hydrogens (primary N) is 1. The fourth-order valence-corrected chi connectivity index (χ4v) is 3.30. The number of aromatic nitrogens is 3. The van der Waals surface area contributed by atoms with Crippen molar-refractivity contribution in [3.63, 3.8) is 0 Å². The Labute approximate surface area is 148 Å². The molecule has 1 aromatic carbocycles. The molecule has 0 unspecified atom stereocenters. The van der Waals surface area contributed by atoms with E-state index in [9.17, 15) is 24.1 Å². The van der Waals surface area contributed by atoms with E-state index in [1.807, 2.05) is 0 Å². The molecule has 1 aromatic heterocycles. The zero-order chi connectivity index (χ0) is 19.0. The fourth-order valence-electron chi connectivity index (χ4n) is 3.30. The maximum Gasteiger partial charge on any atom is 0.230 e. The van der Waals surface area contributed by atoms with Gasteiger partial charge in [0, 0.05) is 13.0 Å². The van der Waals surface area contributed by atoms with Crippen LogP contribution in [-0.4, -0.2) is 55.6 Å². The maximum atomic E-state index is 13.4. The molecule has 3 rings (SSSR count). The second-order valence-corrected chi connectivity index (χ2v) is 6.32. The summed E-state index contributed by atoms with van der Waals surface area (Å²) in [5.41, 5.74) is 5.65. The summed E-state index contributed by atoms with van der Waals surface area (Å²) < 4.78 is 26.5. The third-order valence-corrected chi connectivity index (χ3v) is 4.78. The third-order valence-electron chi connectivity index (χ3n) is 4.78. The summed E-state index contributed by atoms with van der Waals surface area (Å²) in [6.45, 7) is 0. The van der Waals surface area contributed by atoms with Gasteiger partial charge in [-0.15, -0.1) is 0 Å². The SMILES string of the molecule is CN(c1ncnc(N)n1)[C@@H]1C[C@H]([C@@H](O)c2ccc(F)c(F)c2)[C@@H](O)[C@H]1O. The third kappa shape index (κ3) is 3.30. The van der Waals surface area contributed by atoms with Crippen molar-refractivity contribution in [3.05, 3.63) is 41.7 Å². The van der Waals surface area contributed by atoms with Crippen LogP contribution >= 0.6 is 0 Å². The molecule has 1 aliphatic carbocycles. The van der Waals surface area contributed by atoms with Gasteiger partial charge >= 0.3 is 0 Å². The fraction of sp³-hybridized carbons (Fsp3) is 0.438. The normalized spacial score (nSPS) is 26.7. The highest BCUT2D eigenvalue weighted by molar-refractivity contribution is 5.35. The van der Waals surface area contributed by atoms with Gasteiger partial charge in [0.15, 0.2) is 11.6 Å². The predicted octanol–water partition coefficient (Wildman–Crippen LogP) is 0.0121. The van der Waals surface area contributed by atoms with Crippen molar-refractivity contribution in [2.24, 2.45) is 5.92 Å².